The molecule has 2 nitrogen and oxygen atoms in total. The highest BCUT2D eigenvalue weighted by Gasteiger charge is 2.21. The summed E-state index contributed by atoms with van der Waals surface area (Å²) in [5.74, 6) is 0. The second kappa shape index (κ2) is 6.43. The van der Waals surface area contributed by atoms with Gasteiger partial charge >= 0.3 is 0 Å². The van der Waals surface area contributed by atoms with Crippen LogP contribution < -0.4 is 0 Å². The maximum absolute atomic E-state index is 12.8. The molecule has 0 saturated carbocycles. The third-order valence-corrected chi connectivity index (χ3v) is 8.14. The van der Waals surface area contributed by atoms with E-state index in [4.69, 9.17) is 0 Å². The number of rotatable bonds is 2. The Balaban J connectivity index is 2.68. The van der Waals surface area contributed by atoms with E-state index >= 15 is 0 Å². The van der Waals surface area contributed by atoms with Crippen molar-refractivity contribution in [2.45, 2.75) is 23.6 Å². The summed E-state index contributed by atoms with van der Waals surface area (Å²) in [6, 6.07) is 6.49. The lowest BCUT2D eigenvalue weighted by Gasteiger charge is -2.11. The minimum atomic E-state index is -3.58. The summed E-state index contributed by atoms with van der Waals surface area (Å²) in [7, 11) is -3.58. The number of hydrogen-bond donors (Lipinski definition) is 0. The van der Waals surface area contributed by atoms with Crippen LogP contribution in [0, 0.1) is 13.8 Å². The van der Waals surface area contributed by atoms with Crippen molar-refractivity contribution >= 4 is 73.6 Å². The van der Waals surface area contributed by atoms with Crippen molar-refractivity contribution in [1.29, 1.82) is 0 Å². The van der Waals surface area contributed by atoms with E-state index in [1.54, 1.807) is 24.3 Å². The second-order valence-corrected chi connectivity index (χ2v) is 9.89. The van der Waals surface area contributed by atoms with Crippen molar-refractivity contribution in [1.82, 2.24) is 0 Å². The van der Waals surface area contributed by atoms with Crippen LogP contribution in [0.3, 0.4) is 0 Å². The first-order chi connectivity index (χ1) is 9.64. The number of sulfone groups is 1. The molecule has 0 heterocycles. The van der Waals surface area contributed by atoms with Crippen LogP contribution in [0.25, 0.3) is 0 Å². The lowest BCUT2D eigenvalue weighted by molar-refractivity contribution is 0.596. The smallest absolute Gasteiger partial charge is 0.206 e. The summed E-state index contributed by atoms with van der Waals surface area (Å²) in [4.78, 5) is 0.490. The van der Waals surface area contributed by atoms with E-state index in [2.05, 4.69) is 63.7 Å². The fraction of sp³-hybridized carbons (Fsp3) is 0.143. The summed E-state index contributed by atoms with van der Waals surface area (Å²) in [5.41, 5.74) is 1.92. The molecule has 0 spiro atoms. The summed E-state index contributed by atoms with van der Waals surface area (Å²) < 4.78 is 28.6. The van der Waals surface area contributed by atoms with Crippen molar-refractivity contribution in [2.24, 2.45) is 0 Å². The molecule has 0 bridgehead atoms. The third kappa shape index (κ3) is 3.47. The normalized spacial score (nSPS) is 11.7. The van der Waals surface area contributed by atoms with Crippen LogP contribution in [-0.2, 0) is 9.84 Å². The Morgan fingerprint density at radius 1 is 0.667 bits per heavy atom. The molecule has 0 fully saturated rings. The van der Waals surface area contributed by atoms with Crippen LogP contribution in [0.2, 0.25) is 0 Å². The van der Waals surface area contributed by atoms with Crippen molar-refractivity contribution in [3.63, 3.8) is 0 Å². The van der Waals surface area contributed by atoms with Crippen molar-refractivity contribution in [3.05, 3.63) is 53.3 Å². The lowest BCUT2D eigenvalue weighted by atomic mass is 10.2. The molecular weight excluding hydrogens is 552 g/mol. The minimum absolute atomic E-state index is 0.245. The molecule has 7 heteroatoms. The van der Waals surface area contributed by atoms with E-state index in [0.717, 1.165) is 29.0 Å². The van der Waals surface area contributed by atoms with Crippen LogP contribution in [0.4, 0.5) is 0 Å². The highest BCUT2D eigenvalue weighted by molar-refractivity contribution is 9.11. The zero-order chi connectivity index (χ0) is 15.9. The Morgan fingerprint density at radius 2 is 0.905 bits per heavy atom. The topological polar surface area (TPSA) is 34.1 Å². The summed E-state index contributed by atoms with van der Waals surface area (Å²) in [5, 5.41) is 0. The Hall–Kier alpha value is 0.310. The molecule has 0 aliphatic rings. The molecule has 0 aliphatic carbocycles. The van der Waals surface area contributed by atoms with Gasteiger partial charge in [0.1, 0.15) is 0 Å². The van der Waals surface area contributed by atoms with Gasteiger partial charge in [-0.25, -0.2) is 8.42 Å². The first kappa shape index (κ1) is 17.7. The molecule has 2 rings (SSSR count). The van der Waals surface area contributed by atoms with Gasteiger partial charge in [-0.2, -0.15) is 0 Å². The molecule has 0 atom stereocenters. The zero-order valence-electron chi connectivity index (χ0n) is 11.0. The molecular formula is C14H10Br4O2S. The van der Waals surface area contributed by atoms with Crippen molar-refractivity contribution < 1.29 is 8.42 Å². The molecule has 0 unspecified atom stereocenters. The number of benzene rings is 2. The number of halogens is 4. The van der Waals surface area contributed by atoms with Gasteiger partial charge in [-0.15, -0.1) is 0 Å². The highest BCUT2D eigenvalue weighted by atomic mass is 79.9. The van der Waals surface area contributed by atoms with Crippen molar-refractivity contribution in [2.75, 3.05) is 0 Å². The molecule has 21 heavy (non-hydrogen) atoms. The van der Waals surface area contributed by atoms with Gasteiger partial charge in [0.2, 0.25) is 9.84 Å². The first-order valence-corrected chi connectivity index (χ1v) is 10.5. The summed E-state index contributed by atoms with van der Waals surface area (Å²) >= 11 is 13.6. The van der Waals surface area contributed by atoms with Gasteiger partial charge in [-0.3, -0.25) is 0 Å². The average Bonchev–Trinajstić information content (AvgIpc) is 2.40. The van der Waals surface area contributed by atoms with Crippen LogP contribution in [0.15, 0.2) is 51.9 Å². The monoisotopic (exact) mass is 558 g/mol. The Bertz CT molecular complexity index is 719. The summed E-state index contributed by atoms with van der Waals surface area (Å²) in [6.45, 7) is 3.81. The molecule has 2 aromatic carbocycles. The molecule has 0 aliphatic heterocycles. The Kier molecular flexibility index (Phi) is 5.41. The highest BCUT2D eigenvalue weighted by Crippen LogP contribution is 2.34. The van der Waals surface area contributed by atoms with E-state index in [1.165, 1.54) is 0 Å². The largest absolute Gasteiger partial charge is 0.219 e. The van der Waals surface area contributed by atoms with Gasteiger partial charge in [0.15, 0.2) is 0 Å². The Labute approximate surface area is 157 Å². The predicted octanol–water partition coefficient (Wildman–Crippen LogP) is 6.19. The van der Waals surface area contributed by atoms with E-state index in [0.29, 0.717) is 0 Å². The van der Waals surface area contributed by atoms with E-state index < -0.39 is 9.84 Å². The molecule has 0 saturated heterocycles. The van der Waals surface area contributed by atoms with Gasteiger partial charge < -0.3 is 0 Å². The van der Waals surface area contributed by atoms with Gasteiger partial charge in [0.25, 0.3) is 0 Å². The van der Waals surface area contributed by atoms with Crippen LogP contribution >= 0.6 is 63.7 Å². The molecule has 112 valence electrons. The van der Waals surface area contributed by atoms with E-state index in [-0.39, 0.29) is 9.79 Å². The van der Waals surface area contributed by atoms with Crippen LogP contribution in [-0.4, -0.2) is 8.42 Å². The number of hydrogen-bond acceptors (Lipinski definition) is 2. The van der Waals surface area contributed by atoms with E-state index in [1.807, 2.05) is 13.8 Å². The molecule has 0 aromatic heterocycles. The Morgan fingerprint density at radius 3 is 1.14 bits per heavy atom. The van der Waals surface area contributed by atoms with Gasteiger partial charge in [-0.1, -0.05) is 63.7 Å². The quantitative estimate of drug-likeness (QED) is 0.438. The maximum atomic E-state index is 12.8. The fourth-order valence-electron chi connectivity index (χ4n) is 1.69. The van der Waals surface area contributed by atoms with Crippen LogP contribution in [0.1, 0.15) is 11.1 Å². The minimum Gasteiger partial charge on any atom is -0.219 e. The van der Waals surface area contributed by atoms with E-state index in [9.17, 15) is 8.42 Å². The van der Waals surface area contributed by atoms with Gasteiger partial charge in [0, 0.05) is 17.9 Å². The van der Waals surface area contributed by atoms with Crippen molar-refractivity contribution in [3.8, 4) is 0 Å². The molecule has 0 amide bonds. The standard InChI is InChI=1S/C14H10Br4O2S/c1-7-11(15)3-9(4-12(7)16)21(19,20)10-5-13(17)8(2)14(18)6-10/h3-6H,1-2H3. The summed E-state index contributed by atoms with van der Waals surface area (Å²) in [6.07, 6.45) is 0. The maximum Gasteiger partial charge on any atom is 0.206 e. The zero-order valence-corrected chi connectivity index (χ0v) is 18.2. The molecule has 2 aromatic rings. The second-order valence-electron chi connectivity index (χ2n) is 4.53. The predicted molar refractivity (Wildman–Crippen MR) is 98.6 cm³/mol. The fourth-order valence-corrected chi connectivity index (χ4v) is 6.03. The molecule has 0 N–H and O–H groups in total. The SMILES string of the molecule is Cc1c(Br)cc(S(=O)(=O)c2cc(Br)c(C)c(Br)c2)cc1Br. The van der Waals surface area contributed by atoms with Gasteiger partial charge in [-0.05, 0) is 49.2 Å². The first-order valence-electron chi connectivity index (χ1n) is 5.81. The lowest BCUT2D eigenvalue weighted by Crippen LogP contribution is -2.03. The third-order valence-electron chi connectivity index (χ3n) is 3.13. The average molecular weight is 562 g/mol. The van der Waals surface area contributed by atoms with Crippen LogP contribution in [0.5, 0.6) is 0 Å². The van der Waals surface area contributed by atoms with Gasteiger partial charge in [0.05, 0.1) is 9.79 Å². The molecule has 0 radical (unpaired) electrons.